The van der Waals surface area contributed by atoms with Gasteiger partial charge in [-0.2, -0.15) is 0 Å². The van der Waals surface area contributed by atoms with Crippen LogP contribution in [0.25, 0.3) is 0 Å². The van der Waals surface area contributed by atoms with E-state index in [-0.39, 0.29) is 17.2 Å². The van der Waals surface area contributed by atoms with E-state index in [1.165, 1.54) is 16.7 Å². The minimum atomic E-state index is -1.26. The molecule has 0 bridgehead atoms. The van der Waals surface area contributed by atoms with Crippen LogP contribution < -0.4 is 15.2 Å². The number of fused-ring (bicyclic) bond motifs is 1. The molecule has 4 rings (SSSR count). The normalized spacial score (nSPS) is 27.5. The third-order valence-corrected chi connectivity index (χ3v) is 8.57. The van der Waals surface area contributed by atoms with Crippen LogP contribution in [0, 0.1) is 0 Å². The quantitative estimate of drug-likeness (QED) is 0.471. The molecule has 174 valence electrons. The van der Waals surface area contributed by atoms with Gasteiger partial charge in [0.2, 0.25) is 11.8 Å². The van der Waals surface area contributed by atoms with E-state index in [4.69, 9.17) is 4.74 Å². The van der Waals surface area contributed by atoms with Crippen LogP contribution >= 0.6 is 11.8 Å². The van der Waals surface area contributed by atoms with Gasteiger partial charge >= 0.3 is 0 Å². The van der Waals surface area contributed by atoms with Crippen molar-refractivity contribution in [2.24, 2.45) is 0 Å². The lowest BCUT2D eigenvalue weighted by atomic mass is 9.77. The van der Waals surface area contributed by atoms with E-state index in [1.54, 1.807) is 13.8 Å². The monoisotopic (exact) mass is 459 g/mol. The SMILES string of the molecule is CCCCOc1ccccc1C1(C(=O)N[C@@H]2C(=O)N3[C@H]2SC(C)(C)[C@H]3C(=O)[O-])CCCC1. The summed E-state index contributed by atoms with van der Waals surface area (Å²) in [6.07, 6.45) is 5.22. The van der Waals surface area contributed by atoms with Crippen molar-refractivity contribution in [2.45, 2.75) is 86.9 Å². The number of carbonyl (C=O) groups excluding carboxylic acids is 3. The number of carboxylic acid groups (broad SMARTS) is 1. The molecule has 0 aromatic heterocycles. The van der Waals surface area contributed by atoms with Crippen molar-refractivity contribution in [3.8, 4) is 5.75 Å². The van der Waals surface area contributed by atoms with E-state index < -0.39 is 28.2 Å². The van der Waals surface area contributed by atoms with Gasteiger partial charge in [-0.05, 0) is 39.2 Å². The molecule has 0 radical (unpaired) electrons. The molecule has 1 saturated carbocycles. The summed E-state index contributed by atoms with van der Waals surface area (Å²) in [5.41, 5.74) is 0.137. The molecule has 2 saturated heterocycles. The average molecular weight is 460 g/mol. The number of hydrogen-bond donors (Lipinski definition) is 1. The molecule has 1 aromatic rings. The molecule has 1 aliphatic carbocycles. The number of carbonyl (C=O) groups is 3. The Kier molecular flexibility index (Phi) is 6.18. The number of nitrogens with one attached hydrogen (secondary N) is 1. The Hall–Kier alpha value is -2.22. The molecular weight excluding hydrogens is 428 g/mol. The second kappa shape index (κ2) is 8.61. The number of unbranched alkanes of at least 4 members (excludes halogenated alkanes) is 1. The van der Waals surface area contributed by atoms with Crippen LogP contribution in [0.3, 0.4) is 0 Å². The number of carboxylic acids is 1. The largest absolute Gasteiger partial charge is 0.548 e. The van der Waals surface area contributed by atoms with E-state index in [2.05, 4.69) is 12.2 Å². The van der Waals surface area contributed by atoms with Crippen molar-refractivity contribution in [3.63, 3.8) is 0 Å². The number of β-lactam (4-membered cyclic amide) rings is 1. The number of ether oxygens (including phenoxy) is 1. The molecule has 8 heteroatoms. The highest BCUT2D eigenvalue weighted by Gasteiger charge is 2.63. The molecule has 2 aliphatic heterocycles. The molecule has 1 aromatic carbocycles. The molecule has 3 aliphatic rings. The number of amides is 2. The number of nitrogens with zero attached hydrogens (tertiary/aromatic N) is 1. The maximum atomic E-state index is 13.7. The Labute approximate surface area is 193 Å². The Morgan fingerprint density at radius 2 is 1.94 bits per heavy atom. The van der Waals surface area contributed by atoms with Gasteiger partial charge in [0, 0.05) is 10.3 Å². The fourth-order valence-corrected chi connectivity index (χ4v) is 6.94. The molecule has 0 spiro atoms. The highest BCUT2D eigenvalue weighted by atomic mass is 32.2. The van der Waals surface area contributed by atoms with Crippen molar-refractivity contribution in [1.82, 2.24) is 10.2 Å². The van der Waals surface area contributed by atoms with E-state index in [0.717, 1.165) is 37.0 Å². The summed E-state index contributed by atoms with van der Waals surface area (Å²) >= 11 is 1.41. The van der Waals surface area contributed by atoms with E-state index in [9.17, 15) is 19.5 Å². The zero-order valence-electron chi connectivity index (χ0n) is 18.9. The van der Waals surface area contributed by atoms with Crippen LogP contribution in [-0.2, 0) is 19.8 Å². The smallest absolute Gasteiger partial charge is 0.249 e. The first-order valence-electron chi connectivity index (χ1n) is 11.5. The van der Waals surface area contributed by atoms with Crippen molar-refractivity contribution in [2.75, 3.05) is 6.61 Å². The molecule has 2 heterocycles. The molecule has 0 unspecified atom stereocenters. The predicted octanol–water partition coefficient (Wildman–Crippen LogP) is 1.97. The van der Waals surface area contributed by atoms with Crippen LogP contribution in [0.1, 0.15) is 64.9 Å². The van der Waals surface area contributed by atoms with Gasteiger partial charge in [0.05, 0.1) is 24.0 Å². The average Bonchev–Trinajstić information content (AvgIpc) is 3.34. The minimum Gasteiger partial charge on any atom is -0.548 e. The summed E-state index contributed by atoms with van der Waals surface area (Å²) in [7, 11) is 0. The van der Waals surface area contributed by atoms with Gasteiger partial charge in [0.1, 0.15) is 17.2 Å². The van der Waals surface area contributed by atoms with Gasteiger partial charge in [0.25, 0.3) is 0 Å². The molecule has 32 heavy (non-hydrogen) atoms. The number of hydrogen-bond acceptors (Lipinski definition) is 6. The zero-order chi connectivity index (χ0) is 23.1. The predicted molar refractivity (Wildman–Crippen MR) is 120 cm³/mol. The second-order valence-corrected chi connectivity index (χ2v) is 11.3. The fraction of sp³-hybridized carbons (Fsp3) is 0.625. The van der Waals surface area contributed by atoms with Crippen LogP contribution in [0.2, 0.25) is 0 Å². The lowest BCUT2D eigenvalue weighted by Crippen LogP contribution is -2.72. The third-order valence-electron chi connectivity index (χ3n) is 7.00. The Bertz CT molecular complexity index is 911. The van der Waals surface area contributed by atoms with Gasteiger partial charge in [-0.25, -0.2) is 0 Å². The third kappa shape index (κ3) is 3.66. The number of benzene rings is 1. The van der Waals surface area contributed by atoms with Gasteiger partial charge in [-0.3, -0.25) is 9.59 Å². The zero-order valence-corrected chi connectivity index (χ0v) is 19.7. The van der Waals surface area contributed by atoms with E-state index in [1.807, 2.05) is 24.3 Å². The fourth-order valence-electron chi connectivity index (χ4n) is 5.32. The van der Waals surface area contributed by atoms with Crippen molar-refractivity contribution < 1.29 is 24.2 Å². The van der Waals surface area contributed by atoms with Crippen molar-refractivity contribution in [1.29, 1.82) is 0 Å². The molecule has 2 amide bonds. The summed E-state index contributed by atoms with van der Waals surface area (Å²) in [5.74, 6) is -1.05. The van der Waals surface area contributed by atoms with Gasteiger partial charge < -0.3 is 24.9 Å². The number of thioether (sulfide) groups is 1. The standard InChI is InChI=1S/C24H32N2O5S/c1-4-5-14-31-16-11-7-6-10-15(16)24(12-8-9-13-24)22(30)25-17-19(27)26-18(21(28)29)23(2,3)32-20(17)26/h6-7,10-11,17-18,20H,4-5,8-9,12-14H2,1-3H3,(H,25,30)(H,28,29)/p-1/t17-,18-,20+/m1/s1. The topological polar surface area (TPSA) is 98.8 Å². The molecule has 3 atom stereocenters. The second-order valence-electron chi connectivity index (χ2n) is 9.52. The number of rotatable bonds is 8. The Morgan fingerprint density at radius 1 is 1.25 bits per heavy atom. The summed E-state index contributed by atoms with van der Waals surface area (Å²) in [4.78, 5) is 39.6. The molecule has 3 fully saturated rings. The molecular formula is C24H31N2O5S-. The maximum absolute atomic E-state index is 13.7. The summed E-state index contributed by atoms with van der Waals surface area (Å²) in [5, 5.41) is 14.3. The lowest BCUT2D eigenvalue weighted by Gasteiger charge is -2.46. The van der Waals surface area contributed by atoms with Crippen LogP contribution in [0.4, 0.5) is 0 Å². The first kappa shape index (κ1) is 23.0. The number of para-hydroxylation sites is 1. The number of aliphatic carboxylic acids is 1. The van der Waals surface area contributed by atoms with Gasteiger partial charge in [0.15, 0.2) is 0 Å². The first-order valence-corrected chi connectivity index (χ1v) is 12.3. The summed E-state index contributed by atoms with van der Waals surface area (Å²) in [6, 6.07) is 5.99. The summed E-state index contributed by atoms with van der Waals surface area (Å²) < 4.78 is 5.36. The Morgan fingerprint density at radius 3 is 2.59 bits per heavy atom. The lowest BCUT2D eigenvalue weighted by molar-refractivity contribution is -0.312. The van der Waals surface area contributed by atoms with Crippen LogP contribution in [0.15, 0.2) is 24.3 Å². The summed E-state index contributed by atoms with van der Waals surface area (Å²) in [6.45, 7) is 6.29. The van der Waals surface area contributed by atoms with Crippen molar-refractivity contribution in [3.05, 3.63) is 29.8 Å². The maximum Gasteiger partial charge on any atom is 0.249 e. The van der Waals surface area contributed by atoms with Gasteiger partial charge in [-0.1, -0.05) is 44.4 Å². The van der Waals surface area contributed by atoms with Crippen LogP contribution in [0.5, 0.6) is 5.75 Å². The highest BCUT2D eigenvalue weighted by Crippen LogP contribution is 2.51. The van der Waals surface area contributed by atoms with Crippen molar-refractivity contribution >= 4 is 29.5 Å². The minimum absolute atomic E-state index is 0.171. The van der Waals surface area contributed by atoms with Gasteiger partial charge in [-0.15, -0.1) is 11.8 Å². The highest BCUT2D eigenvalue weighted by molar-refractivity contribution is 8.01. The molecule has 1 N–H and O–H groups in total. The van der Waals surface area contributed by atoms with E-state index in [0.29, 0.717) is 19.4 Å². The Balaban J connectivity index is 1.56. The first-order chi connectivity index (χ1) is 15.2. The van der Waals surface area contributed by atoms with Crippen LogP contribution in [-0.4, -0.2) is 51.5 Å². The van der Waals surface area contributed by atoms with E-state index >= 15 is 0 Å². The molecule has 7 nitrogen and oxygen atoms in total.